The second-order valence-corrected chi connectivity index (χ2v) is 6.67. The van der Waals surface area contributed by atoms with Crippen LogP contribution in [0.3, 0.4) is 0 Å². The van der Waals surface area contributed by atoms with E-state index in [1.54, 1.807) is 13.1 Å². The van der Waals surface area contributed by atoms with E-state index in [4.69, 9.17) is 9.84 Å². The van der Waals surface area contributed by atoms with Crippen molar-refractivity contribution in [3.63, 3.8) is 0 Å². The summed E-state index contributed by atoms with van der Waals surface area (Å²) in [4.78, 5) is 25.4. The maximum atomic E-state index is 15.1. The number of carboxylic acid groups (broad SMARTS) is 1. The minimum Gasteiger partial charge on any atom is -0.456 e. The maximum Gasteiger partial charge on any atom is 0.511 e. The average Bonchev–Trinajstić information content (AvgIpc) is 2.58. The molecule has 0 spiro atoms. The van der Waals surface area contributed by atoms with E-state index in [1.807, 2.05) is 11.8 Å². The third-order valence-electron chi connectivity index (χ3n) is 4.63. The molecule has 3 heterocycles. The van der Waals surface area contributed by atoms with Crippen molar-refractivity contribution in [2.45, 2.75) is 19.9 Å². The minimum atomic E-state index is -1.61. The van der Waals surface area contributed by atoms with Gasteiger partial charge in [-0.1, -0.05) is 0 Å². The molecular formula is C18H18FN3O5. The molecule has 2 aliphatic heterocycles. The number of rotatable bonds is 2. The largest absolute Gasteiger partial charge is 0.511 e. The van der Waals surface area contributed by atoms with Gasteiger partial charge in [-0.05, 0) is 19.9 Å². The number of allylic oxidation sites excluding steroid dienone is 1. The molecule has 1 aromatic carbocycles. The van der Waals surface area contributed by atoms with Crippen LogP contribution in [0, 0.1) is 5.82 Å². The highest BCUT2D eigenvalue weighted by Crippen LogP contribution is 2.42. The Balaban J connectivity index is 1.99. The Morgan fingerprint density at radius 1 is 1.48 bits per heavy atom. The van der Waals surface area contributed by atoms with Crippen molar-refractivity contribution in [2.24, 2.45) is 0 Å². The summed E-state index contributed by atoms with van der Waals surface area (Å²) in [7, 11) is 0. The van der Waals surface area contributed by atoms with E-state index < -0.39 is 23.2 Å². The molecule has 0 amide bonds. The van der Waals surface area contributed by atoms with Crippen molar-refractivity contribution in [2.75, 3.05) is 24.5 Å². The Morgan fingerprint density at radius 3 is 2.96 bits per heavy atom. The first kappa shape index (κ1) is 17.3. The third-order valence-corrected chi connectivity index (χ3v) is 4.63. The van der Waals surface area contributed by atoms with Crippen molar-refractivity contribution < 1.29 is 23.8 Å². The van der Waals surface area contributed by atoms with E-state index >= 15 is 4.39 Å². The fourth-order valence-electron chi connectivity index (χ4n) is 3.60. The second kappa shape index (κ2) is 6.27. The van der Waals surface area contributed by atoms with Crippen LogP contribution in [0.5, 0.6) is 11.5 Å². The predicted molar refractivity (Wildman–Crippen MR) is 97.1 cm³/mol. The lowest BCUT2D eigenvalue weighted by atomic mass is 10.1. The van der Waals surface area contributed by atoms with E-state index in [1.165, 1.54) is 10.8 Å². The van der Waals surface area contributed by atoms with E-state index in [-0.39, 0.29) is 17.2 Å². The maximum absolute atomic E-state index is 15.1. The van der Waals surface area contributed by atoms with Crippen LogP contribution in [0.4, 0.5) is 14.9 Å². The Kier molecular flexibility index (Phi) is 4.03. The fourth-order valence-corrected chi connectivity index (χ4v) is 3.60. The quantitative estimate of drug-likeness (QED) is 0.778. The molecule has 1 saturated heterocycles. The topological polar surface area (TPSA) is 93.0 Å². The number of piperazine rings is 1. The number of hydrogen-bond acceptors (Lipinski definition) is 6. The molecule has 27 heavy (non-hydrogen) atoms. The van der Waals surface area contributed by atoms with Crippen LogP contribution in [-0.2, 0) is 0 Å². The number of pyridine rings is 1. The van der Waals surface area contributed by atoms with Gasteiger partial charge in [-0.25, -0.2) is 9.18 Å². The lowest BCUT2D eigenvalue weighted by Crippen LogP contribution is -2.49. The standard InChI is InChI=1S/C18H18FN3O5/c1-9-6-21(4-3-20-9)15-12(19)5-11-14-17(15)26-10(2)7-22(14)8-13(16(11)23)27-18(24)25/h5,7-9,20H,3-4,6H2,1-2H3,(H,24,25). The predicted octanol–water partition coefficient (Wildman–Crippen LogP) is 2.21. The number of benzene rings is 1. The van der Waals surface area contributed by atoms with E-state index in [0.717, 1.165) is 6.07 Å². The molecule has 0 aliphatic carbocycles. The number of nitrogens with one attached hydrogen (secondary N) is 1. The summed E-state index contributed by atoms with van der Waals surface area (Å²) in [5, 5.41) is 12.1. The van der Waals surface area contributed by atoms with Crippen LogP contribution < -0.4 is 25.1 Å². The first-order valence-corrected chi connectivity index (χ1v) is 8.52. The molecule has 1 atom stereocenters. The Morgan fingerprint density at radius 2 is 2.26 bits per heavy atom. The zero-order valence-corrected chi connectivity index (χ0v) is 14.8. The molecule has 1 unspecified atom stereocenters. The zero-order valence-electron chi connectivity index (χ0n) is 14.8. The number of aromatic nitrogens is 1. The highest BCUT2D eigenvalue weighted by atomic mass is 19.1. The summed E-state index contributed by atoms with van der Waals surface area (Å²) >= 11 is 0. The first-order valence-electron chi connectivity index (χ1n) is 8.52. The van der Waals surface area contributed by atoms with Gasteiger partial charge in [0.05, 0.1) is 11.6 Å². The normalized spacial score (nSPS) is 18.9. The van der Waals surface area contributed by atoms with Gasteiger partial charge < -0.3 is 29.4 Å². The summed E-state index contributed by atoms with van der Waals surface area (Å²) < 4.78 is 27.0. The number of hydrogen-bond donors (Lipinski definition) is 2. The van der Waals surface area contributed by atoms with Gasteiger partial charge in [0.1, 0.15) is 17.0 Å². The highest BCUT2D eigenvalue weighted by Gasteiger charge is 2.29. The van der Waals surface area contributed by atoms with Crippen LogP contribution in [0.2, 0.25) is 0 Å². The fraction of sp³-hybridized carbons (Fsp3) is 0.333. The van der Waals surface area contributed by atoms with Gasteiger partial charge in [-0.3, -0.25) is 4.79 Å². The van der Waals surface area contributed by atoms with Crippen LogP contribution in [-0.4, -0.2) is 41.5 Å². The lowest BCUT2D eigenvalue weighted by Gasteiger charge is -2.35. The number of nitrogens with zero attached hydrogens (tertiary/aromatic N) is 2. The minimum absolute atomic E-state index is 0.00284. The van der Waals surface area contributed by atoms with Crippen molar-refractivity contribution >= 4 is 28.9 Å². The van der Waals surface area contributed by atoms with Gasteiger partial charge in [-0.15, -0.1) is 0 Å². The molecule has 0 bridgehead atoms. The van der Waals surface area contributed by atoms with Gasteiger partial charge >= 0.3 is 6.16 Å². The van der Waals surface area contributed by atoms with Gasteiger partial charge in [-0.2, -0.15) is 0 Å². The monoisotopic (exact) mass is 375 g/mol. The molecule has 8 nitrogen and oxygen atoms in total. The van der Waals surface area contributed by atoms with Gasteiger partial charge in [0.15, 0.2) is 17.3 Å². The molecule has 142 valence electrons. The average molecular weight is 375 g/mol. The molecule has 0 radical (unpaired) electrons. The van der Waals surface area contributed by atoms with E-state index in [0.29, 0.717) is 36.6 Å². The summed E-state index contributed by atoms with van der Waals surface area (Å²) in [5.41, 5.74) is -0.0325. The molecule has 2 aromatic rings. The molecule has 0 saturated carbocycles. The number of halogens is 1. The second-order valence-electron chi connectivity index (χ2n) is 6.67. The zero-order chi connectivity index (χ0) is 19.3. The van der Waals surface area contributed by atoms with Gasteiger partial charge in [0.25, 0.3) is 0 Å². The molecule has 1 fully saturated rings. The number of ether oxygens (including phenoxy) is 2. The summed E-state index contributed by atoms with van der Waals surface area (Å²) in [6.45, 7) is 5.58. The lowest BCUT2D eigenvalue weighted by molar-refractivity contribution is 0.144. The summed E-state index contributed by atoms with van der Waals surface area (Å²) in [6.07, 6.45) is 1.25. The van der Waals surface area contributed by atoms with E-state index in [2.05, 4.69) is 10.1 Å². The van der Waals surface area contributed by atoms with Crippen LogP contribution in [0.25, 0.3) is 17.1 Å². The van der Waals surface area contributed by atoms with Crippen LogP contribution >= 0.6 is 0 Å². The van der Waals surface area contributed by atoms with Crippen molar-refractivity contribution in [1.82, 2.24) is 9.88 Å². The van der Waals surface area contributed by atoms with Crippen LogP contribution in [0.1, 0.15) is 13.8 Å². The van der Waals surface area contributed by atoms with Gasteiger partial charge in [0, 0.05) is 31.9 Å². The van der Waals surface area contributed by atoms with E-state index in [9.17, 15) is 9.59 Å². The number of carbonyl (C=O) groups is 1. The van der Waals surface area contributed by atoms with Crippen molar-refractivity contribution in [3.8, 4) is 11.5 Å². The van der Waals surface area contributed by atoms with Crippen LogP contribution in [0.15, 0.2) is 22.8 Å². The molecule has 2 N–H and O–H groups in total. The van der Waals surface area contributed by atoms with Crippen molar-refractivity contribution in [1.29, 1.82) is 0 Å². The smallest absolute Gasteiger partial charge is 0.456 e. The first-order chi connectivity index (χ1) is 12.8. The molecule has 4 rings (SSSR count). The highest BCUT2D eigenvalue weighted by molar-refractivity contribution is 5.94. The third kappa shape index (κ3) is 2.89. The Labute approximate surface area is 153 Å². The Bertz CT molecular complexity index is 1050. The molecular weight excluding hydrogens is 357 g/mol. The van der Waals surface area contributed by atoms with Crippen molar-refractivity contribution in [3.05, 3.63) is 34.1 Å². The molecule has 9 heteroatoms. The van der Waals surface area contributed by atoms with Gasteiger partial charge in [0.2, 0.25) is 5.43 Å². The molecule has 2 aliphatic rings. The SMILES string of the molecule is CC1=Cn2cc(OC(=O)O)c(=O)c3cc(F)c(N4CCNC(C)C4)c(c32)O1. The number of anilines is 1. The Hall–Kier alpha value is -3.07. The summed E-state index contributed by atoms with van der Waals surface area (Å²) in [5.74, 6) is -0.269. The molecule has 1 aromatic heterocycles. The summed E-state index contributed by atoms with van der Waals surface area (Å²) in [6, 6.07) is 1.29.